The van der Waals surface area contributed by atoms with E-state index in [2.05, 4.69) is 10.1 Å². The van der Waals surface area contributed by atoms with Crippen LogP contribution in [-0.2, 0) is 9.53 Å². The first kappa shape index (κ1) is 21.5. The summed E-state index contributed by atoms with van der Waals surface area (Å²) in [6.45, 7) is 1.06. The first-order valence-corrected chi connectivity index (χ1v) is 9.55. The number of hydrogen-bond acceptors (Lipinski definition) is 6. The number of amides is 1. The van der Waals surface area contributed by atoms with Crippen LogP contribution in [0.5, 0.6) is 0 Å². The summed E-state index contributed by atoms with van der Waals surface area (Å²) in [5, 5.41) is 13.8. The number of methoxy groups -OCH3 is 1. The molecule has 0 spiro atoms. The van der Waals surface area contributed by atoms with Crippen molar-refractivity contribution in [3.63, 3.8) is 0 Å². The molecule has 30 heavy (non-hydrogen) atoms. The molecule has 1 amide bonds. The topological polar surface area (TPSA) is 102 Å². The highest BCUT2D eigenvalue weighted by atomic mass is 35.5. The summed E-state index contributed by atoms with van der Waals surface area (Å²) in [6, 6.07) is 8.28. The zero-order chi connectivity index (χ0) is 21.8. The molecule has 1 heterocycles. The van der Waals surface area contributed by atoms with E-state index in [-0.39, 0.29) is 28.1 Å². The van der Waals surface area contributed by atoms with Crippen LogP contribution in [0.2, 0.25) is 5.02 Å². The SMILES string of the molecule is COC(=O)c1cc(N2CCC(C(=O)Nc3ccc(F)c(Cl)c3)CC2)ccc1[N+](=O)[O-]. The largest absolute Gasteiger partial charge is 0.465 e. The lowest BCUT2D eigenvalue weighted by molar-refractivity contribution is -0.385. The third-order valence-electron chi connectivity index (χ3n) is 5.00. The van der Waals surface area contributed by atoms with Gasteiger partial charge in [0.05, 0.1) is 17.1 Å². The Hall–Kier alpha value is -3.20. The Labute approximate surface area is 176 Å². The Kier molecular flexibility index (Phi) is 6.51. The quantitative estimate of drug-likeness (QED) is 0.432. The second-order valence-electron chi connectivity index (χ2n) is 6.83. The second kappa shape index (κ2) is 9.08. The van der Waals surface area contributed by atoms with Crippen molar-refractivity contribution in [2.75, 3.05) is 30.4 Å². The van der Waals surface area contributed by atoms with E-state index in [9.17, 15) is 24.1 Å². The first-order valence-electron chi connectivity index (χ1n) is 9.17. The fraction of sp³-hybridized carbons (Fsp3) is 0.300. The van der Waals surface area contributed by atoms with E-state index in [4.69, 9.17) is 11.6 Å². The molecule has 0 radical (unpaired) electrons. The van der Waals surface area contributed by atoms with E-state index >= 15 is 0 Å². The minimum atomic E-state index is -0.782. The van der Waals surface area contributed by atoms with Gasteiger partial charge in [0.1, 0.15) is 11.4 Å². The number of anilines is 2. The van der Waals surface area contributed by atoms with Crippen LogP contribution >= 0.6 is 11.6 Å². The Morgan fingerprint density at radius 3 is 2.53 bits per heavy atom. The molecule has 8 nitrogen and oxygen atoms in total. The number of nitrogens with one attached hydrogen (secondary N) is 1. The first-order chi connectivity index (χ1) is 14.3. The molecule has 1 aliphatic heterocycles. The van der Waals surface area contributed by atoms with Crippen molar-refractivity contribution in [2.24, 2.45) is 5.92 Å². The van der Waals surface area contributed by atoms with Gasteiger partial charge in [0.2, 0.25) is 5.91 Å². The monoisotopic (exact) mass is 435 g/mol. The molecular weight excluding hydrogens is 417 g/mol. The summed E-state index contributed by atoms with van der Waals surface area (Å²) < 4.78 is 17.9. The molecule has 1 saturated heterocycles. The van der Waals surface area contributed by atoms with Gasteiger partial charge in [-0.1, -0.05) is 11.6 Å². The van der Waals surface area contributed by atoms with E-state index in [1.54, 1.807) is 6.07 Å². The molecule has 2 aromatic carbocycles. The molecule has 0 aromatic heterocycles. The predicted octanol–water partition coefficient (Wildman–Crippen LogP) is 4.03. The summed E-state index contributed by atoms with van der Waals surface area (Å²) >= 11 is 5.74. The van der Waals surface area contributed by atoms with Crippen LogP contribution in [0.3, 0.4) is 0 Å². The molecule has 0 unspecified atom stereocenters. The molecule has 0 aliphatic carbocycles. The van der Waals surface area contributed by atoms with E-state index in [1.807, 2.05) is 4.90 Å². The number of carbonyl (C=O) groups is 2. The molecule has 1 aliphatic rings. The molecule has 3 rings (SSSR count). The number of ether oxygens (including phenoxy) is 1. The number of nitrogens with zero attached hydrogens (tertiary/aromatic N) is 2. The van der Waals surface area contributed by atoms with Crippen LogP contribution < -0.4 is 10.2 Å². The summed E-state index contributed by atoms with van der Waals surface area (Å²) in [5.41, 5.74) is 0.628. The fourth-order valence-corrected chi connectivity index (χ4v) is 3.55. The maximum atomic E-state index is 13.2. The molecule has 158 valence electrons. The number of nitro groups is 1. The number of piperidine rings is 1. The van der Waals surface area contributed by atoms with Gasteiger partial charge in [-0.3, -0.25) is 14.9 Å². The highest BCUT2D eigenvalue weighted by Gasteiger charge is 2.27. The summed E-state index contributed by atoms with van der Waals surface area (Å²) in [7, 11) is 1.16. The lowest BCUT2D eigenvalue weighted by Crippen LogP contribution is -2.38. The molecule has 0 bridgehead atoms. The van der Waals surface area contributed by atoms with Crippen molar-refractivity contribution in [3.8, 4) is 0 Å². The number of nitro benzene ring substituents is 1. The van der Waals surface area contributed by atoms with Crippen LogP contribution in [0.4, 0.5) is 21.5 Å². The molecule has 1 fully saturated rings. The number of esters is 1. The normalized spacial score (nSPS) is 14.3. The zero-order valence-electron chi connectivity index (χ0n) is 16.1. The highest BCUT2D eigenvalue weighted by molar-refractivity contribution is 6.31. The smallest absolute Gasteiger partial charge is 0.344 e. The van der Waals surface area contributed by atoms with Gasteiger partial charge < -0.3 is 15.0 Å². The standard InChI is InChI=1S/C20H19ClFN3O5/c1-30-20(27)15-11-14(3-5-18(15)25(28)29)24-8-6-12(7-9-24)19(26)23-13-2-4-17(22)16(21)10-13/h2-5,10-12H,6-9H2,1H3,(H,23,26). The van der Waals surface area contributed by atoms with Crippen molar-refractivity contribution >= 4 is 40.5 Å². The Morgan fingerprint density at radius 2 is 1.93 bits per heavy atom. The number of rotatable bonds is 5. The highest BCUT2D eigenvalue weighted by Crippen LogP contribution is 2.29. The van der Waals surface area contributed by atoms with Crippen LogP contribution in [0.1, 0.15) is 23.2 Å². The van der Waals surface area contributed by atoms with Gasteiger partial charge in [-0.25, -0.2) is 9.18 Å². The molecule has 0 saturated carbocycles. The van der Waals surface area contributed by atoms with E-state index in [1.165, 1.54) is 30.3 Å². The fourth-order valence-electron chi connectivity index (χ4n) is 3.37. The minimum Gasteiger partial charge on any atom is -0.465 e. The van der Waals surface area contributed by atoms with E-state index < -0.39 is 16.7 Å². The third kappa shape index (κ3) is 4.68. The van der Waals surface area contributed by atoms with Gasteiger partial charge in [-0.15, -0.1) is 0 Å². The van der Waals surface area contributed by atoms with Gasteiger partial charge in [0, 0.05) is 36.4 Å². The van der Waals surface area contributed by atoms with Gasteiger partial charge in [0.25, 0.3) is 5.69 Å². The molecule has 10 heteroatoms. The van der Waals surface area contributed by atoms with Gasteiger partial charge >= 0.3 is 5.97 Å². The molecule has 1 N–H and O–H groups in total. The second-order valence-corrected chi connectivity index (χ2v) is 7.24. The predicted molar refractivity (Wildman–Crippen MR) is 109 cm³/mol. The van der Waals surface area contributed by atoms with Crippen LogP contribution in [-0.4, -0.2) is 37.0 Å². The van der Waals surface area contributed by atoms with Crippen molar-refractivity contribution in [1.29, 1.82) is 0 Å². The van der Waals surface area contributed by atoms with Crippen molar-refractivity contribution in [2.45, 2.75) is 12.8 Å². The van der Waals surface area contributed by atoms with E-state index in [0.29, 0.717) is 37.3 Å². The van der Waals surface area contributed by atoms with Crippen molar-refractivity contribution < 1.29 is 23.6 Å². The Morgan fingerprint density at radius 1 is 1.23 bits per heavy atom. The average molecular weight is 436 g/mol. The molecular formula is C20H19ClFN3O5. The van der Waals surface area contributed by atoms with Gasteiger partial charge in [-0.2, -0.15) is 0 Å². The van der Waals surface area contributed by atoms with Crippen LogP contribution in [0.25, 0.3) is 0 Å². The summed E-state index contributed by atoms with van der Waals surface area (Å²) in [4.78, 5) is 36.9. The Balaban J connectivity index is 1.66. The van der Waals surface area contributed by atoms with Crippen LogP contribution in [0, 0.1) is 21.8 Å². The van der Waals surface area contributed by atoms with Gasteiger partial charge in [0.15, 0.2) is 0 Å². The summed E-state index contributed by atoms with van der Waals surface area (Å²) in [6.07, 6.45) is 1.09. The number of benzene rings is 2. The maximum Gasteiger partial charge on any atom is 0.344 e. The number of carbonyl (C=O) groups excluding carboxylic acids is 2. The van der Waals surface area contributed by atoms with E-state index in [0.717, 1.165) is 7.11 Å². The number of hydrogen-bond donors (Lipinski definition) is 1. The summed E-state index contributed by atoms with van der Waals surface area (Å²) in [5.74, 6) is -1.77. The maximum absolute atomic E-state index is 13.2. The lowest BCUT2D eigenvalue weighted by Gasteiger charge is -2.33. The van der Waals surface area contributed by atoms with Gasteiger partial charge in [-0.05, 0) is 43.2 Å². The minimum absolute atomic E-state index is 0.0674. The zero-order valence-corrected chi connectivity index (χ0v) is 16.8. The third-order valence-corrected chi connectivity index (χ3v) is 5.29. The van der Waals surface area contributed by atoms with Crippen LogP contribution in [0.15, 0.2) is 36.4 Å². The molecule has 2 aromatic rings. The Bertz CT molecular complexity index is 992. The number of halogens is 2. The van der Waals surface area contributed by atoms with Crippen molar-refractivity contribution in [1.82, 2.24) is 0 Å². The van der Waals surface area contributed by atoms with Crippen molar-refractivity contribution in [3.05, 3.63) is 62.9 Å². The molecule has 0 atom stereocenters. The lowest BCUT2D eigenvalue weighted by atomic mass is 9.95. The average Bonchev–Trinajstić information content (AvgIpc) is 2.75.